The van der Waals surface area contributed by atoms with E-state index in [2.05, 4.69) is 25.7 Å². The van der Waals surface area contributed by atoms with Crippen LogP contribution in [0.2, 0.25) is 0 Å². The molecule has 0 saturated carbocycles. The second kappa shape index (κ2) is 12.0. The minimum absolute atomic E-state index is 0.0134. The van der Waals surface area contributed by atoms with E-state index >= 15 is 0 Å². The predicted molar refractivity (Wildman–Crippen MR) is 133 cm³/mol. The van der Waals surface area contributed by atoms with Gasteiger partial charge in [-0.2, -0.15) is 36.0 Å². The number of benzene rings is 1. The lowest BCUT2D eigenvalue weighted by Gasteiger charge is -2.26. The maximum atomic E-state index is 13.3. The van der Waals surface area contributed by atoms with E-state index in [4.69, 9.17) is 4.74 Å². The number of nitrogens with zero attached hydrogens (tertiary/aromatic N) is 5. The second-order valence-corrected chi connectivity index (χ2v) is 9.33. The number of amides is 2. The molecule has 1 saturated heterocycles. The van der Waals surface area contributed by atoms with E-state index in [0.29, 0.717) is 38.4 Å². The molecule has 1 aromatic carbocycles. The summed E-state index contributed by atoms with van der Waals surface area (Å²) in [6, 6.07) is 2.62. The Morgan fingerprint density at radius 3 is 2.17 bits per heavy atom. The van der Waals surface area contributed by atoms with Gasteiger partial charge in [0.15, 0.2) is 11.6 Å². The number of nitrogens with one attached hydrogen (secondary N) is 2. The number of halogens is 6. The van der Waals surface area contributed by atoms with Gasteiger partial charge in [-0.15, -0.1) is 5.10 Å². The highest BCUT2D eigenvalue weighted by Gasteiger charge is 2.37. The number of rotatable bonds is 7. The summed E-state index contributed by atoms with van der Waals surface area (Å²) in [6.07, 6.45) is -10.9. The van der Waals surface area contributed by atoms with E-state index < -0.39 is 47.2 Å². The van der Waals surface area contributed by atoms with Crippen molar-refractivity contribution in [2.75, 3.05) is 31.6 Å². The largest absolute Gasteiger partial charge is 0.416 e. The Bertz CT molecular complexity index is 1400. The first-order valence-corrected chi connectivity index (χ1v) is 12.4. The molecule has 1 fully saturated rings. The first-order chi connectivity index (χ1) is 19.6. The van der Waals surface area contributed by atoms with Crippen molar-refractivity contribution in [3.63, 3.8) is 0 Å². The fourth-order valence-electron chi connectivity index (χ4n) is 4.11. The molecule has 2 aromatic heterocycles. The van der Waals surface area contributed by atoms with Crippen LogP contribution in [0.5, 0.6) is 0 Å². The lowest BCUT2D eigenvalue weighted by Crippen LogP contribution is -2.40. The van der Waals surface area contributed by atoms with Crippen LogP contribution in [-0.2, 0) is 21.9 Å². The summed E-state index contributed by atoms with van der Waals surface area (Å²) in [5.74, 6) is -0.876. The normalized spacial score (nSPS) is 15.8. The molecule has 42 heavy (non-hydrogen) atoms. The van der Waals surface area contributed by atoms with E-state index in [1.807, 2.05) is 0 Å². The zero-order valence-corrected chi connectivity index (χ0v) is 22.1. The third-order valence-corrected chi connectivity index (χ3v) is 6.15. The van der Waals surface area contributed by atoms with Gasteiger partial charge in [0.25, 0.3) is 5.91 Å². The number of aromatic nitrogens is 4. The molecule has 0 radical (unpaired) electrons. The van der Waals surface area contributed by atoms with Gasteiger partial charge in [-0.25, -0.2) is 4.98 Å². The van der Waals surface area contributed by atoms with Crippen LogP contribution in [0.1, 0.15) is 59.0 Å². The Kier molecular flexibility index (Phi) is 8.84. The quantitative estimate of drug-likeness (QED) is 0.277. The van der Waals surface area contributed by atoms with Gasteiger partial charge in [0.05, 0.1) is 35.9 Å². The van der Waals surface area contributed by atoms with Gasteiger partial charge in [0, 0.05) is 26.2 Å². The first-order valence-electron chi connectivity index (χ1n) is 12.4. The van der Waals surface area contributed by atoms with Gasteiger partial charge in [-0.05, 0) is 42.8 Å². The van der Waals surface area contributed by atoms with E-state index in [-0.39, 0.29) is 35.1 Å². The van der Waals surface area contributed by atoms with Crippen molar-refractivity contribution >= 4 is 17.8 Å². The van der Waals surface area contributed by atoms with Gasteiger partial charge in [0.2, 0.25) is 11.9 Å². The number of carbonyl (C=O) groups is 2. The third-order valence-electron chi connectivity index (χ3n) is 6.15. The van der Waals surface area contributed by atoms with Crippen LogP contribution in [0, 0.1) is 0 Å². The number of morpholine rings is 1. The number of ether oxygens (including phenoxy) is 1. The summed E-state index contributed by atoms with van der Waals surface area (Å²) in [4.78, 5) is 34.4. The first kappa shape index (κ1) is 30.9. The van der Waals surface area contributed by atoms with Gasteiger partial charge >= 0.3 is 12.4 Å². The number of hydrogen-bond acceptors (Lipinski definition) is 8. The minimum Gasteiger partial charge on any atom is -0.378 e. The molecule has 0 spiro atoms. The monoisotopic (exact) mass is 601 g/mol. The molecule has 2 atom stereocenters. The molecule has 226 valence electrons. The standard InChI is InChI=1S/C25H25F6N7O4/c1-13(33-21(40)16-9-17(24(26,27)28)11-18(10-16)25(29,30)31)20-35-23(34-14(2)39)36-38(20)19-4-3-15(12-32-19)22(41)37-5-7-42-8-6-37/h3-4,9-13,21,33,40H,5-8H2,1-2H3,(H,34,36,39). The molecular weight excluding hydrogens is 576 g/mol. The molecule has 4 rings (SSSR count). The number of aliphatic hydroxyl groups excluding tert-OH is 1. The Labute approximate surface area is 234 Å². The van der Waals surface area contributed by atoms with Crippen LogP contribution in [-0.4, -0.2) is 67.9 Å². The summed E-state index contributed by atoms with van der Waals surface area (Å²) in [5, 5.41) is 19.7. The van der Waals surface area contributed by atoms with Gasteiger partial charge < -0.3 is 14.7 Å². The van der Waals surface area contributed by atoms with Gasteiger partial charge in [-0.1, -0.05) is 0 Å². The fraction of sp³-hybridized carbons (Fsp3) is 0.400. The van der Waals surface area contributed by atoms with E-state index in [9.17, 15) is 41.0 Å². The smallest absolute Gasteiger partial charge is 0.378 e. The summed E-state index contributed by atoms with van der Waals surface area (Å²) in [7, 11) is 0. The molecule has 11 nitrogen and oxygen atoms in total. The van der Waals surface area contributed by atoms with E-state index in [1.165, 1.54) is 32.2 Å². The van der Waals surface area contributed by atoms with Crippen molar-refractivity contribution in [3.8, 4) is 5.82 Å². The third kappa shape index (κ3) is 7.21. The van der Waals surface area contributed by atoms with Crippen molar-refractivity contribution in [2.45, 2.75) is 38.5 Å². The SMILES string of the molecule is CC(=O)Nc1nc(C(C)NC(O)c2cc(C(F)(F)F)cc(C(F)(F)F)c2)n(-c2ccc(C(=O)N3CCOCC3)cn2)n1. The highest BCUT2D eigenvalue weighted by molar-refractivity contribution is 5.94. The van der Waals surface area contributed by atoms with Crippen LogP contribution in [0.25, 0.3) is 5.82 Å². The summed E-state index contributed by atoms with van der Waals surface area (Å²) in [6.45, 7) is 4.24. The minimum atomic E-state index is -5.10. The molecule has 17 heteroatoms. The van der Waals surface area contributed by atoms with Crippen LogP contribution >= 0.6 is 0 Å². The Hall–Kier alpha value is -4.09. The summed E-state index contributed by atoms with van der Waals surface area (Å²) >= 11 is 0. The number of hydrogen-bond donors (Lipinski definition) is 3. The van der Waals surface area contributed by atoms with Crippen LogP contribution in [0.15, 0.2) is 36.5 Å². The Morgan fingerprint density at radius 2 is 1.64 bits per heavy atom. The molecule has 1 aliphatic heterocycles. The average molecular weight is 602 g/mol. The maximum absolute atomic E-state index is 13.3. The average Bonchev–Trinajstić information content (AvgIpc) is 3.35. The fourth-order valence-corrected chi connectivity index (χ4v) is 4.11. The number of aliphatic hydroxyl groups is 1. The summed E-state index contributed by atoms with van der Waals surface area (Å²) in [5.41, 5.74) is -3.60. The molecule has 3 heterocycles. The van der Waals surface area contributed by atoms with Crippen LogP contribution in [0.4, 0.5) is 32.3 Å². The van der Waals surface area contributed by atoms with Crippen molar-refractivity contribution in [1.82, 2.24) is 30.0 Å². The molecule has 2 unspecified atom stereocenters. The lowest BCUT2D eigenvalue weighted by atomic mass is 10.0. The van der Waals surface area contributed by atoms with Crippen LogP contribution in [0.3, 0.4) is 0 Å². The predicted octanol–water partition coefficient (Wildman–Crippen LogP) is 3.47. The van der Waals surface area contributed by atoms with Crippen molar-refractivity contribution in [3.05, 3.63) is 64.6 Å². The molecule has 2 amide bonds. The molecule has 0 bridgehead atoms. The number of anilines is 1. The molecule has 3 N–H and O–H groups in total. The molecule has 0 aliphatic carbocycles. The van der Waals surface area contributed by atoms with Crippen molar-refractivity contribution in [1.29, 1.82) is 0 Å². The molecular formula is C25H25F6N7O4. The zero-order chi connectivity index (χ0) is 30.8. The highest BCUT2D eigenvalue weighted by Crippen LogP contribution is 2.37. The van der Waals surface area contributed by atoms with Crippen molar-refractivity contribution < 1.29 is 45.8 Å². The zero-order valence-electron chi connectivity index (χ0n) is 22.1. The molecule has 1 aliphatic rings. The van der Waals surface area contributed by atoms with Crippen molar-refractivity contribution in [2.24, 2.45) is 0 Å². The Morgan fingerprint density at radius 1 is 1.02 bits per heavy atom. The van der Waals surface area contributed by atoms with Gasteiger partial charge in [-0.3, -0.25) is 20.2 Å². The number of carbonyl (C=O) groups excluding carboxylic acids is 2. The van der Waals surface area contributed by atoms with E-state index in [0.717, 1.165) is 4.68 Å². The molecule has 3 aromatic rings. The lowest BCUT2D eigenvalue weighted by molar-refractivity contribution is -0.143. The number of pyridine rings is 1. The highest BCUT2D eigenvalue weighted by atomic mass is 19.4. The van der Waals surface area contributed by atoms with Gasteiger partial charge in [0.1, 0.15) is 6.23 Å². The van der Waals surface area contributed by atoms with Crippen LogP contribution < -0.4 is 10.6 Å². The maximum Gasteiger partial charge on any atom is 0.416 e. The number of alkyl halides is 6. The topological polar surface area (TPSA) is 134 Å². The summed E-state index contributed by atoms with van der Waals surface area (Å²) < 4.78 is 86.2. The van der Waals surface area contributed by atoms with E-state index in [1.54, 1.807) is 4.90 Å². The second-order valence-electron chi connectivity index (χ2n) is 9.33. The Balaban J connectivity index is 1.63.